The Labute approximate surface area is 129 Å². The molecule has 0 spiro atoms. The average Bonchev–Trinajstić information content (AvgIpc) is 2.31. The van der Waals surface area contributed by atoms with Crippen LogP contribution in [0.25, 0.3) is 0 Å². The standard InChI is InChI=1S/C13H19F5N2O3/c1-7(20(2)6-13(16,17)18)11(23)19-9(3-10(21)22)8-4-12(14,15)5-8/h7-9H,3-6H2,1-2H3,(H,19,23)(H,21,22). The summed E-state index contributed by atoms with van der Waals surface area (Å²) < 4.78 is 62.7. The van der Waals surface area contributed by atoms with Gasteiger partial charge in [-0.15, -0.1) is 0 Å². The molecule has 1 aliphatic carbocycles. The number of likely N-dealkylation sites (N-methyl/N-ethyl adjacent to an activating group) is 1. The van der Waals surface area contributed by atoms with Crippen LogP contribution in [-0.2, 0) is 9.59 Å². The van der Waals surface area contributed by atoms with Gasteiger partial charge >= 0.3 is 12.1 Å². The van der Waals surface area contributed by atoms with Crippen LogP contribution in [0.15, 0.2) is 0 Å². The van der Waals surface area contributed by atoms with E-state index in [-0.39, 0.29) is 0 Å². The van der Waals surface area contributed by atoms with Crippen LogP contribution in [0, 0.1) is 5.92 Å². The Balaban J connectivity index is 2.64. The van der Waals surface area contributed by atoms with Crippen LogP contribution in [0.5, 0.6) is 0 Å². The summed E-state index contributed by atoms with van der Waals surface area (Å²) in [6.07, 6.45) is -6.13. The average molecular weight is 346 g/mol. The molecule has 0 aromatic heterocycles. The highest BCUT2D eigenvalue weighted by atomic mass is 19.4. The van der Waals surface area contributed by atoms with Gasteiger partial charge in [-0.05, 0) is 19.9 Å². The van der Waals surface area contributed by atoms with E-state index in [0.717, 1.165) is 11.9 Å². The first kappa shape index (κ1) is 19.6. The number of hydrogen-bond acceptors (Lipinski definition) is 3. The van der Waals surface area contributed by atoms with E-state index in [1.54, 1.807) is 0 Å². The molecule has 134 valence electrons. The molecule has 1 saturated carbocycles. The van der Waals surface area contributed by atoms with Crippen LogP contribution in [0.4, 0.5) is 22.0 Å². The van der Waals surface area contributed by atoms with E-state index in [9.17, 15) is 31.5 Å². The zero-order valence-electron chi connectivity index (χ0n) is 12.7. The van der Waals surface area contributed by atoms with Crippen molar-refractivity contribution in [1.82, 2.24) is 10.2 Å². The highest BCUT2D eigenvalue weighted by molar-refractivity contribution is 5.82. The number of alkyl halides is 5. The lowest BCUT2D eigenvalue weighted by molar-refractivity contribution is -0.153. The fourth-order valence-corrected chi connectivity index (χ4v) is 2.44. The van der Waals surface area contributed by atoms with Gasteiger partial charge in [-0.1, -0.05) is 0 Å². The quantitative estimate of drug-likeness (QED) is 0.691. The second-order valence-electron chi connectivity index (χ2n) is 5.94. The van der Waals surface area contributed by atoms with Crippen LogP contribution in [0.2, 0.25) is 0 Å². The van der Waals surface area contributed by atoms with Gasteiger partial charge in [-0.25, -0.2) is 8.78 Å². The summed E-state index contributed by atoms with van der Waals surface area (Å²) in [6, 6.07) is -2.20. The molecule has 23 heavy (non-hydrogen) atoms. The Hall–Kier alpha value is -1.45. The largest absolute Gasteiger partial charge is 0.481 e. The predicted molar refractivity (Wildman–Crippen MR) is 70.0 cm³/mol. The third-order valence-electron chi connectivity index (χ3n) is 3.88. The lowest BCUT2D eigenvalue weighted by Gasteiger charge is -2.40. The molecule has 1 fully saturated rings. The van der Waals surface area contributed by atoms with E-state index in [2.05, 4.69) is 5.32 Å². The first-order chi connectivity index (χ1) is 10.3. The first-order valence-electron chi connectivity index (χ1n) is 6.98. The van der Waals surface area contributed by atoms with Crippen molar-refractivity contribution in [2.24, 2.45) is 5.92 Å². The molecule has 1 aliphatic rings. The lowest BCUT2D eigenvalue weighted by atomic mass is 9.75. The molecule has 0 bridgehead atoms. The number of carbonyl (C=O) groups is 2. The second-order valence-corrected chi connectivity index (χ2v) is 5.94. The molecule has 2 atom stereocenters. The minimum atomic E-state index is -4.49. The Morgan fingerprint density at radius 1 is 1.35 bits per heavy atom. The Morgan fingerprint density at radius 3 is 2.26 bits per heavy atom. The van der Waals surface area contributed by atoms with Crippen molar-refractivity contribution in [2.45, 2.75) is 50.4 Å². The fraction of sp³-hybridized carbons (Fsp3) is 0.846. The molecule has 2 N–H and O–H groups in total. The van der Waals surface area contributed by atoms with Crippen molar-refractivity contribution in [3.8, 4) is 0 Å². The number of rotatable bonds is 7. The summed E-state index contributed by atoms with van der Waals surface area (Å²) in [4.78, 5) is 23.5. The molecule has 1 amide bonds. The number of halogens is 5. The summed E-state index contributed by atoms with van der Waals surface area (Å²) in [7, 11) is 1.10. The van der Waals surface area contributed by atoms with E-state index in [0.29, 0.717) is 0 Å². The van der Waals surface area contributed by atoms with Crippen molar-refractivity contribution in [3.63, 3.8) is 0 Å². The number of carbonyl (C=O) groups excluding carboxylic acids is 1. The van der Waals surface area contributed by atoms with Crippen molar-refractivity contribution < 1.29 is 36.6 Å². The Morgan fingerprint density at radius 2 is 1.87 bits per heavy atom. The van der Waals surface area contributed by atoms with Crippen LogP contribution in [0.1, 0.15) is 26.2 Å². The van der Waals surface area contributed by atoms with Gasteiger partial charge in [-0.3, -0.25) is 14.5 Å². The highest BCUT2D eigenvalue weighted by Gasteiger charge is 2.49. The number of nitrogens with one attached hydrogen (secondary N) is 1. The lowest BCUT2D eigenvalue weighted by Crippen LogP contribution is -2.54. The van der Waals surface area contributed by atoms with Crippen molar-refractivity contribution >= 4 is 11.9 Å². The molecule has 0 aromatic rings. The maximum absolute atomic E-state index is 12.9. The van der Waals surface area contributed by atoms with Gasteiger partial charge in [0.1, 0.15) is 0 Å². The molecule has 0 aromatic carbocycles. The van der Waals surface area contributed by atoms with Crippen LogP contribution in [0.3, 0.4) is 0 Å². The number of hydrogen-bond donors (Lipinski definition) is 2. The van der Waals surface area contributed by atoms with E-state index in [1.165, 1.54) is 6.92 Å². The Kier molecular flexibility index (Phi) is 5.95. The van der Waals surface area contributed by atoms with Gasteiger partial charge in [0.2, 0.25) is 11.8 Å². The van der Waals surface area contributed by atoms with E-state index >= 15 is 0 Å². The van der Waals surface area contributed by atoms with Gasteiger partial charge < -0.3 is 10.4 Å². The van der Waals surface area contributed by atoms with Crippen molar-refractivity contribution in [1.29, 1.82) is 0 Å². The van der Waals surface area contributed by atoms with Crippen molar-refractivity contribution in [2.75, 3.05) is 13.6 Å². The number of amides is 1. The van der Waals surface area contributed by atoms with E-state index in [1.807, 2.05) is 0 Å². The van der Waals surface area contributed by atoms with Gasteiger partial charge in [0, 0.05) is 18.9 Å². The molecule has 1 rings (SSSR count). The van der Waals surface area contributed by atoms with E-state index < -0.39 is 67.8 Å². The van der Waals surface area contributed by atoms with Crippen LogP contribution >= 0.6 is 0 Å². The normalized spacial score (nSPS) is 20.7. The summed E-state index contributed by atoms with van der Waals surface area (Å²) in [5.74, 6) is -5.68. The third-order valence-corrected chi connectivity index (χ3v) is 3.88. The third kappa shape index (κ3) is 6.28. The topological polar surface area (TPSA) is 69.6 Å². The van der Waals surface area contributed by atoms with Crippen molar-refractivity contribution in [3.05, 3.63) is 0 Å². The maximum Gasteiger partial charge on any atom is 0.401 e. The number of aliphatic carboxylic acids is 1. The predicted octanol–water partition coefficient (Wildman–Crippen LogP) is 1.87. The SMILES string of the molecule is CC(C(=O)NC(CC(=O)O)C1CC(F)(F)C1)N(C)CC(F)(F)F. The summed E-state index contributed by atoms with van der Waals surface area (Å²) in [6.45, 7) is -0.0824. The van der Waals surface area contributed by atoms with Gasteiger partial charge in [0.15, 0.2) is 0 Å². The smallest absolute Gasteiger partial charge is 0.401 e. The van der Waals surface area contributed by atoms with Gasteiger partial charge in [-0.2, -0.15) is 13.2 Å². The fourth-order valence-electron chi connectivity index (χ4n) is 2.44. The molecule has 0 heterocycles. The summed E-state index contributed by atoms with van der Waals surface area (Å²) >= 11 is 0. The molecular weight excluding hydrogens is 327 g/mol. The van der Waals surface area contributed by atoms with Gasteiger partial charge in [0.25, 0.3) is 0 Å². The zero-order chi connectivity index (χ0) is 18.0. The molecule has 10 heteroatoms. The molecule has 2 unspecified atom stereocenters. The summed E-state index contributed by atoms with van der Waals surface area (Å²) in [5.41, 5.74) is 0. The number of carboxylic acid groups (broad SMARTS) is 1. The molecular formula is C13H19F5N2O3. The molecule has 0 aliphatic heterocycles. The van der Waals surface area contributed by atoms with Crippen LogP contribution < -0.4 is 5.32 Å². The number of nitrogens with zero attached hydrogens (tertiary/aromatic N) is 1. The first-order valence-corrected chi connectivity index (χ1v) is 6.98. The second kappa shape index (κ2) is 6.98. The molecule has 5 nitrogen and oxygen atoms in total. The van der Waals surface area contributed by atoms with E-state index in [4.69, 9.17) is 5.11 Å². The Bertz CT molecular complexity index is 447. The maximum atomic E-state index is 12.9. The number of carboxylic acids is 1. The van der Waals surface area contributed by atoms with Crippen LogP contribution in [-0.4, -0.2) is 59.7 Å². The summed E-state index contributed by atoms with van der Waals surface area (Å²) in [5, 5.41) is 11.1. The monoisotopic (exact) mass is 346 g/mol. The minimum Gasteiger partial charge on any atom is -0.481 e. The van der Waals surface area contributed by atoms with Gasteiger partial charge in [0.05, 0.1) is 19.0 Å². The zero-order valence-corrected chi connectivity index (χ0v) is 12.7. The molecule has 0 radical (unpaired) electrons. The minimum absolute atomic E-state index is 0.544. The highest BCUT2D eigenvalue weighted by Crippen LogP contribution is 2.44. The molecule has 0 saturated heterocycles.